The highest BCUT2D eigenvalue weighted by Gasteiger charge is 2.54. The Kier molecular flexibility index (Phi) is 7.38. The third-order valence-electron chi connectivity index (χ3n) is 9.87. The Bertz CT molecular complexity index is 1680. The van der Waals surface area contributed by atoms with Crippen LogP contribution in [0.2, 0.25) is 5.54 Å². The molecule has 0 nitrogen and oxygen atoms in total. The lowest BCUT2D eigenvalue weighted by atomic mass is 9.86. The number of rotatable bonds is 5. The lowest BCUT2D eigenvalue weighted by molar-refractivity contribution is 0.517. The molecule has 0 spiro atoms. The summed E-state index contributed by atoms with van der Waals surface area (Å²) in [5, 5.41) is 3.02. The molecule has 4 aromatic rings. The summed E-state index contributed by atoms with van der Waals surface area (Å²) in [6.07, 6.45) is 7.67. The third-order valence-corrected chi connectivity index (χ3v) is 15.7. The largest absolute Gasteiger partial charge is 0.139 e. The van der Waals surface area contributed by atoms with Crippen molar-refractivity contribution in [3.05, 3.63) is 149 Å². The number of hydrogen-bond acceptors (Lipinski definition) is 0. The van der Waals surface area contributed by atoms with Gasteiger partial charge in [0.1, 0.15) is 8.07 Å². The summed E-state index contributed by atoms with van der Waals surface area (Å²) in [6.45, 7) is 18.7. The molecule has 0 radical (unpaired) electrons. The summed E-state index contributed by atoms with van der Waals surface area (Å²) in [7, 11) is -2.55. The molecular formula is C42H46Si. The Hall–Kier alpha value is -3.68. The Morgan fingerprint density at radius 3 is 1.65 bits per heavy atom. The monoisotopic (exact) mass is 578 g/mol. The first kappa shape index (κ1) is 29.4. The molecule has 2 unspecified atom stereocenters. The topological polar surface area (TPSA) is 0 Å². The number of benzene rings is 4. The summed E-state index contributed by atoms with van der Waals surface area (Å²) < 4.78 is 0. The normalized spacial score (nSPS) is 18.7. The molecule has 0 saturated heterocycles. The summed E-state index contributed by atoms with van der Waals surface area (Å²) in [6, 6.07) is 39.4. The molecule has 0 bridgehead atoms. The van der Waals surface area contributed by atoms with Crippen LogP contribution in [0.15, 0.2) is 132 Å². The first-order valence-corrected chi connectivity index (χ1v) is 18.0. The lowest BCUT2D eigenvalue weighted by Crippen LogP contribution is -2.65. The van der Waals surface area contributed by atoms with Crippen molar-refractivity contribution >= 4 is 24.5 Å². The predicted octanol–water partition coefficient (Wildman–Crippen LogP) is 10.3. The molecular weight excluding hydrogens is 533 g/mol. The molecule has 0 heterocycles. The zero-order valence-electron chi connectivity index (χ0n) is 27.2. The van der Waals surface area contributed by atoms with Gasteiger partial charge in [0.2, 0.25) is 0 Å². The molecule has 4 aromatic carbocycles. The average Bonchev–Trinajstić information content (AvgIpc) is 3.55. The average molecular weight is 579 g/mol. The van der Waals surface area contributed by atoms with Crippen molar-refractivity contribution in [3.8, 4) is 11.1 Å². The molecule has 0 aromatic heterocycles. The van der Waals surface area contributed by atoms with Gasteiger partial charge in [0.15, 0.2) is 0 Å². The highest BCUT2D eigenvalue weighted by Crippen LogP contribution is 2.53. The van der Waals surface area contributed by atoms with Crippen LogP contribution in [0.1, 0.15) is 77.6 Å². The molecule has 2 aliphatic carbocycles. The first-order chi connectivity index (χ1) is 20.4. The maximum Gasteiger partial charge on any atom is 0.139 e. The Labute approximate surface area is 260 Å². The molecule has 1 heteroatoms. The molecule has 218 valence electrons. The Morgan fingerprint density at radius 1 is 0.558 bits per heavy atom. The quantitative estimate of drug-likeness (QED) is 0.207. The second-order valence-corrected chi connectivity index (χ2v) is 18.9. The van der Waals surface area contributed by atoms with Crippen LogP contribution < -0.4 is 10.4 Å². The van der Waals surface area contributed by atoms with E-state index in [1.54, 1.807) is 0 Å². The van der Waals surface area contributed by atoms with E-state index in [1.807, 2.05) is 0 Å². The second kappa shape index (κ2) is 10.8. The molecule has 2 atom stereocenters. The maximum atomic E-state index is 2.65. The van der Waals surface area contributed by atoms with Crippen LogP contribution in [-0.4, -0.2) is 8.07 Å². The summed E-state index contributed by atoms with van der Waals surface area (Å²) in [5.74, 6) is 0. The van der Waals surface area contributed by atoms with E-state index in [2.05, 4.69) is 177 Å². The van der Waals surface area contributed by atoms with Gasteiger partial charge in [-0.3, -0.25) is 0 Å². The molecule has 6 rings (SSSR count). The fourth-order valence-corrected chi connectivity index (χ4v) is 14.0. The highest BCUT2D eigenvalue weighted by molar-refractivity contribution is 7.05. The zero-order valence-corrected chi connectivity index (χ0v) is 28.2. The summed E-state index contributed by atoms with van der Waals surface area (Å²) in [5.41, 5.74) is 12.3. The van der Waals surface area contributed by atoms with E-state index in [0.717, 1.165) is 0 Å². The standard InChI is InChI=1S/C42H46Si/c1-29-26-33(42(6,7)8)28-39(29)43(34-16-11-9-12-17-34,35-18-13-10-14-19-35)40-30(2)27-38-36(20-15-21-37(38)40)31-22-24-32(25-23-31)41(3,4)5/h9-28,39-40H,1-8H3. The van der Waals surface area contributed by atoms with Crippen molar-refractivity contribution < 1.29 is 0 Å². The Morgan fingerprint density at radius 2 is 1.14 bits per heavy atom. The smallest absolute Gasteiger partial charge is 0.0756 e. The van der Waals surface area contributed by atoms with E-state index in [0.29, 0.717) is 11.1 Å². The van der Waals surface area contributed by atoms with Gasteiger partial charge in [-0.2, -0.15) is 0 Å². The van der Waals surface area contributed by atoms with E-state index in [-0.39, 0.29) is 10.8 Å². The van der Waals surface area contributed by atoms with E-state index in [4.69, 9.17) is 0 Å². The summed E-state index contributed by atoms with van der Waals surface area (Å²) >= 11 is 0. The molecule has 0 aliphatic heterocycles. The van der Waals surface area contributed by atoms with Crippen molar-refractivity contribution in [2.75, 3.05) is 0 Å². The van der Waals surface area contributed by atoms with Gasteiger partial charge in [0, 0.05) is 11.1 Å². The molecule has 0 amide bonds. The minimum atomic E-state index is -2.55. The third kappa shape index (κ3) is 5.02. The molecule has 0 N–H and O–H groups in total. The summed E-state index contributed by atoms with van der Waals surface area (Å²) in [4.78, 5) is 0. The highest BCUT2D eigenvalue weighted by atomic mass is 28.3. The van der Waals surface area contributed by atoms with Gasteiger partial charge < -0.3 is 0 Å². The van der Waals surface area contributed by atoms with Gasteiger partial charge in [-0.25, -0.2) is 0 Å². The zero-order chi connectivity index (χ0) is 30.6. The van der Waals surface area contributed by atoms with E-state index in [1.165, 1.54) is 54.9 Å². The van der Waals surface area contributed by atoms with Crippen molar-refractivity contribution in [2.24, 2.45) is 5.41 Å². The van der Waals surface area contributed by atoms with Crippen molar-refractivity contribution in [1.82, 2.24) is 0 Å². The van der Waals surface area contributed by atoms with Crippen LogP contribution in [0.4, 0.5) is 0 Å². The van der Waals surface area contributed by atoms with E-state index in [9.17, 15) is 0 Å². The van der Waals surface area contributed by atoms with Gasteiger partial charge in [0.05, 0.1) is 0 Å². The van der Waals surface area contributed by atoms with Crippen LogP contribution in [0, 0.1) is 5.41 Å². The fraction of sp³-hybridized carbons (Fsp3) is 0.286. The lowest BCUT2D eigenvalue weighted by Gasteiger charge is -2.44. The minimum Gasteiger partial charge on any atom is -0.0756 e. The van der Waals surface area contributed by atoms with E-state index < -0.39 is 8.07 Å². The second-order valence-electron chi connectivity index (χ2n) is 14.8. The van der Waals surface area contributed by atoms with Crippen molar-refractivity contribution in [1.29, 1.82) is 0 Å². The predicted molar refractivity (Wildman–Crippen MR) is 190 cm³/mol. The van der Waals surface area contributed by atoms with Crippen LogP contribution in [0.3, 0.4) is 0 Å². The number of hydrogen-bond donors (Lipinski definition) is 0. The van der Waals surface area contributed by atoms with Gasteiger partial charge in [-0.1, -0.05) is 184 Å². The van der Waals surface area contributed by atoms with Crippen LogP contribution in [0.25, 0.3) is 17.2 Å². The molecule has 0 saturated carbocycles. The Balaban J connectivity index is 1.62. The molecule has 43 heavy (non-hydrogen) atoms. The SMILES string of the molecule is CC1=CC(C(C)(C)C)=CC1[Si](c1ccccc1)(c1ccccc1)C1C(C)=Cc2c(-c3ccc(C(C)(C)C)cc3)cccc21. The fourth-order valence-electron chi connectivity index (χ4n) is 7.68. The molecule has 0 fully saturated rings. The van der Waals surface area contributed by atoms with Crippen molar-refractivity contribution in [3.63, 3.8) is 0 Å². The van der Waals surface area contributed by atoms with Gasteiger partial charge >= 0.3 is 0 Å². The maximum absolute atomic E-state index is 2.65. The number of fused-ring (bicyclic) bond motifs is 1. The van der Waals surface area contributed by atoms with Crippen LogP contribution >= 0.6 is 0 Å². The van der Waals surface area contributed by atoms with Crippen molar-refractivity contribution in [2.45, 2.75) is 71.9 Å². The van der Waals surface area contributed by atoms with E-state index >= 15 is 0 Å². The molecule has 2 aliphatic rings. The van der Waals surface area contributed by atoms with Crippen LogP contribution in [-0.2, 0) is 5.41 Å². The minimum absolute atomic E-state index is 0.106. The van der Waals surface area contributed by atoms with Gasteiger partial charge in [-0.15, -0.1) is 0 Å². The van der Waals surface area contributed by atoms with Gasteiger partial charge in [-0.05, 0) is 58.1 Å². The number of allylic oxidation sites excluding steroid dienone is 5. The first-order valence-electron chi connectivity index (χ1n) is 15.9. The van der Waals surface area contributed by atoms with Gasteiger partial charge in [0.25, 0.3) is 0 Å². The van der Waals surface area contributed by atoms with Crippen LogP contribution in [0.5, 0.6) is 0 Å².